The van der Waals surface area contributed by atoms with Crippen molar-refractivity contribution in [2.75, 3.05) is 13.2 Å². The average molecular weight is 336 g/mol. The third-order valence-corrected chi connectivity index (χ3v) is 3.94. The molecule has 1 aromatic carbocycles. The molecule has 23 heavy (non-hydrogen) atoms. The lowest BCUT2D eigenvalue weighted by molar-refractivity contribution is -0.121. The molecule has 0 aliphatic carbocycles. The fourth-order valence-corrected chi connectivity index (χ4v) is 2.54. The minimum absolute atomic E-state index is 0.0354. The first-order valence-electron chi connectivity index (χ1n) is 7.67. The van der Waals surface area contributed by atoms with Gasteiger partial charge >= 0.3 is 0 Å². The van der Waals surface area contributed by atoms with Crippen LogP contribution in [0.25, 0.3) is 11.4 Å². The molecule has 0 radical (unpaired) electrons. The van der Waals surface area contributed by atoms with Crippen molar-refractivity contribution in [1.82, 2.24) is 15.5 Å². The zero-order valence-corrected chi connectivity index (χ0v) is 13.4. The Morgan fingerprint density at radius 3 is 2.91 bits per heavy atom. The van der Waals surface area contributed by atoms with Gasteiger partial charge in [-0.15, -0.1) is 0 Å². The molecule has 6 nitrogen and oxygen atoms in total. The number of ether oxygens (including phenoxy) is 1. The first-order valence-corrected chi connectivity index (χ1v) is 8.05. The van der Waals surface area contributed by atoms with Crippen molar-refractivity contribution < 1.29 is 14.1 Å². The molecule has 1 atom stereocenters. The Balaban J connectivity index is 1.47. The van der Waals surface area contributed by atoms with Gasteiger partial charge in [-0.1, -0.05) is 16.8 Å². The molecule has 2 aromatic rings. The predicted molar refractivity (Wildman–Crippen MR) is 85.0 cm³/mol. The standard InChI is InChI=1S/C16H18ClN3O3/c17-12-5-3-11(4-6-12)16-19-15(23-20-16)8-7-14(21)18-10-13-2-1-9-22-13/h3-6,13H,1-2,7-10H2,(H,18,21)/t13-/m1/s1. The quantitative estimate of drug-likeness (QED) is 0.878. The second-order valence-electron chi connectivity index (χ2n) is 5.46. The Bertz CT molecular complexity index is 651. The molecular formula is C16H18ClN3O3. The average Bonchev–Trinajstić information content (AvgIpc) is 3.23. The number of hydrogen-bond acceptors (Lipinski definition) is 5. The smallest absolute Gasteiger partial charge is 0.227 e. The van der Waals surface area contributed by atoms with Gasteiger partial charge in [0.15, 0.2) is 0 Å². The van der Waals surface area contributed by atoms with Crippen molar-refractivity contribution >= 4 is 17.5 Å². The highest BCUT2D eigenvalue weighted by Gasteiger charge is 2.16. The van der Waals surface area contributed by atoms with E-state index in [1.807, 2.05) is 12.1 Å². The molecule has 0 unspecified atom stereocenters. The second-order valence-corrected chi connectivity index (χ2v) is 5.89. The zero-order valence-electron chi connectivity index (χ0n) is 12.6. The minimum atomic E-state index is -0.0354. The van der Waals surface area contributed by atoms with Crippen LogP contribution in [0, 0.1) is 0 Å². The summed E-state index contributed by atoms with van der Waals surface area (Å²) >= 11 is 5.85. The van der Waals surface area contributed by atoms with Gasteiger partial charge in [-0.3, -0.25) is 4.79 Å². The van der Waals surface area contributed by atoms with Crippen molar-refractivity contribution in [2.24, 2.45) is 0 Å². The van der Waals surface area contributed by atoms with Crippen LogP contribution >= 0.6 is 11.6 Å². The van der Waals surface area contributed by atoms with Gasteiger partial charge in [0.2, 0.25) is 17.6 Å². The summed E-state index contributed by atoms with van der Waals surface area (Å²) in [7, 11) is 0. The molecule has 1 fully saturated rings. The number of benzene rings is 1. The van der Waals surface area contributed by atoms with Gasteiger partial charge in [0, 0.05) is 36.6 Å². The van der Waals surface area contributed by atoms with Crippen LogP contribution in [0.2, 0.25) is 5.02 Å². The van der Waals surface area contributed by atoms with Crippen LogP contribution in [0.3, 0.4) is 0 Å². The maximum Gasteiger partial charge on any atom is 0.227 e. The lowest BCUT2D eigenvalue weighted by Crippen LogP contribution is -2.31. The summed E-state index contributed by atoms with van der Waals surface area (Å²) in [5.74, 6) is 0.908. The Morgan fingerprint density at radius 2 is 2.17 bits per heavy atom. The van der Waals surface area contributed by atoms with Crippen molar-refractivity contribution in [3.63, 3.8) is 0 Å². The van der Waals surface area contributed by atoms with Crippen LogP contribution in [-0.4, -0.2) is 35.3 Å². The number of rotatable bonds is 6. The molecule has 2 heterocycles. The van der Waals surface area contributed by atoms with Gasteiger partial charge in [0.05, 0.1) is 6.10 Å². The number of halogens is 1. The maximum atomic E-state index is 11.8. The number of hydrogen-bond donors (Lipinski definition) is 1. The van der Waals surface area contributed by atoms with E-state index in [1.54, 1.807) is 12.1 Å². The van der Waals surface area contributed by atoms with E-state index in [-0.39, 0.29) is 12.0 Å². The molecule has 1 N–H and O–H groups in total. The highest BCUT2D eigenvalue weighted by molar-refractivity contribution is 6.30. The first kappa shape index (κ1) is 16.0. The first-order chi connectivity index (χ1) is 11.2. The third-order valence-electron chi connectivity index (χ3n) is 3.69. The van der Waals surface area contributed by atoms with Gasteiger partial charge in [-0.2, -0.15) is 4.98 Å². The Kier molecular flexibility index (Phi) is 5.25. The molecule has 0 spiro atoms. The summed E-state index contributed by atoms with van der Waals surface area (Å²) in [6.07, 6.45) is 2.95. The predicted octanol–water partition coefficient (Wildman–Crippen LogP) is 2.62. The normalized spacial score (nSPS) is 17.3. The molecule has 1 aromatic heterocycles. The van der Waals surface area contributed by atoms with Crippen molar-refractivity contribution in [3.05, 3.63) is 35.2 Å². The highest BCUT2D eigenvalue weighted by atomic mass is 35.5. The number of carbonyl (C=O) groups excluding carboxylic acids is 1. The molecule has 0 saturated carbocycles. The van der Waals surface area contributed by atoms with E-state index in [9.17, 15) is 4.79 Å². The van der Waals surface area contributed by atoms with E-state index in [2.05, 4.69) is 15.5 Å². The van der Waals surface area contributed by atoms with Gasteiger partial charge in [0.25, 0.3) is 0 Å². The topological polar surface area (TPSA) is 77.2 Å². The number of nitrogens with zero attached hydrogens (tertiary/aromatic N) is 2. The van der Waals surface area contributed by atoms with E-state index in [4.69, 9.17) is 20.9 Å². The number of aryl methyl sites for hydroxylation is 1. The summed E-state index contributed by atoms with van der Waals surface area (Å²) < 4.78 is 10.6. The van der Waals surface area contributed by atoms with Crippen LogP contribution in [0.5, 0.6) is 0 Å². The number of nitrogens with one attached hydrogen (secondary N) is 1. The van der Waals surface area contributed by atoms with Crippen LogP contribution < -0.4 is 5.32 Å². The van der Waals surface area contributed by atoms with Gasteiger partial charge in [-0.05, 0) is 37.1 Å². The molecule has 3 rings (SSSR count). The third kappa shape index (κ3) is 4.53. The van der Waals surface area contributed by atoms with E-state index in [1.165, 1.54) is 0 Å². The van der Waals surface area contributed by atoms with Crippen molar-refractivity contribution in [1.29, 1.82) is 0 Å². The van der Waals surface area contributed by atoms with E-state index < -0.39 is 0 Å². The fourth-order valence-electron chi connectivity index (χ4n) is 2.41. The van der Waals surface area contributed by atoms with Crippen LogP contribution in [-0.2, 0) is 16.0 Å². The summed E-state index contributed by atoms with van der Waals surface area (Å²) in [4.78, 5) is 16.1. The number of carbonyl (C=O) groups is 1. The van der Waals surface area contributed by atoms with Gasteiger partial charge < -0.3 is 14.6 Å². The molecule has 1 aliphatic heterocycles. The Labute approximate surface area is 139 Å². The number of aromatic nitrogens is 2. The molecule has 0 bridgehead atoms. The molecule has 122 valence electrons. The molecule has 1 saturated heterocycles. The van der Waals surface area contributed by atoms with Gasteiger partial charge in [-0.25, -0.2) is 0 Å². The maximum absolute atomic E-state index is 11.8. The molecule has 1 aliphatic rings. The lowest BCUT2D eigenvalue weighted by Gasteiger charge is -2.09. The van der Waals surface area contributed by atoms with E-state index >= 15 is 0 Å². The van der Waals surface area contributed by atoms with Crippen molar-refractivity contribution in [3.8, 4) is 11.4 Å². The lowest BCUT2D eigenvalue weighted by atomic mass is 10.2. The van der Waals surface area contributed by atoms with E-state index in [0.29, 0.717) is 36.1 Å². The monoisotopic (exact) mass is 335 g/mol. The minimum Gasteiger partial charge on any atom is -0.376 e. The summed E-state index contributed by atoms with van der Waals surface area (Å²) in [5, 5.41) is 7.45. The molecule has 7 heteroatoms. The Hall–Kier alpha value is -1.92. The van der Waals surface area contributed by atoms with Crippen LogP contribution in [0.1, 0.15) is 25.2 Å². The second kappa shape index (κ2) is 7.57. The Morgan fingerprint density at radius 1 is 1.35 bits per heavy atom. The molecular weight excluding hydrogens is 318 g/mol. The van der Waals surface area contributed by atoms with Crippen molar-refractivity contribution in [2.45, 2.75) is 31.8 Å². The SMILES string of the molecule is O=C(CCc1nc(-c2ccc(Cl)cc2)no1)NC[C@H]1CCCO1. The zero-order chi connectivity index (χ0) is 16.1. The van der Waals surface area contributed by atoms with Crippen LogP contribution in [0.15, 0.2) is 28.8 Å². The fraction of sp³-hybridized carbons (Fsp3) is 0.438. The van der Waals surface area contributed by atoms with E-state index in [0.717, 1.165) is 25.0 Å². The summed E-state index contributed by atoms with van der Waals surface area (Å²) in [6.45, 7) is 1.36. The molecule has 1 amide bonds. The highest BCUT2D eigenvalue weighted by Crippen LogP contribution is 2.19. The van der Waals surface area contributed by atoms with Crippen LogP contribution in [0.4, 0.5) is 0 Å². The summed E-state index contributed by atoms with van der Waals surface area (Å²) in [5.41, 5.74) is 0.826. The summed E-state index contributed by atoms with van der Waals surface area (Å²) in [6, 6.07) is 7.19. The number of amides is 1. The van der Waals surface area contributed by atoms with Gasteiger partial charge in [0.1, 0.15) is 0 Å². The largest absolute Gasteiger partial charge is 0.376 e.